The summed E-state index contributed by atoms with van der Waals surface area (Å²) in [5, 5.41) is 5.72. The Morgan fingerprint density at radius 2 is 2.64 bits per heavy atom. The van der Waals surface area contributed by atoms with Gasteiger partial charge in [0.2, 0.25) is 5.91 Å². The van der Waals surface area contributed by atoms with Gasteiger partial charge in [-0.2, -0.15) is 0 Å². The predicted molar refractivity (Wildman–Crippen MR) is 42.9 cm³/mol. The molecule has 1 heterocycles. The van der Waals surface area contributed by atoms with Crippen LogP contribution in [0.2, 0.25) is 0 Å². The first-order valence-corrected chi connectivity index (χ1v) is 3.79. The molecular formula is C8H12N2O. The number of carbonyl (C=O) groups excluding carboxylic acids is 1. The van der Waals surface area contributed by atoms with E-state index in [4.69, 9.17) is 6.42 Å². The fourth-order valence-electron chi connectivity index (χ4n) is 1.17. The molecule has 3 heteroatoms. The Bertz CT molecular complexity index is 177. The smallest absolute Gasteiger partial charge is 0.237 e. The lowest BCUT2D eigenvalue weighted by Gasteiger charge is -2.07. The van der Waals surface area contributed by atoms with E-state index >= 15 is 0 Å². The maximum absolute atomic E-state index is 11.1. The maximum Gasteiger partial charge on any atom is 0.237 e. The third-order valence-electron chi connectivity index (χ3n) is 1.74. The lowest BCUT2D eigenvalue weighted by atomic mass is 10.2. The van der Waals surface area contributed by atoms with E-state index in [1.807, 2.05) is 0 Å². The molecule has 0 spiro atoms. The first-order chi connectivity index (χ1) is 5.34. The van der Waals surface area contributed by atoms with Crippen molar-refractivity contribution >= 4 is 5.91 Å². The van der Waals surface area contributed by atoms with Crippen molar-refractivity contribution in [3.63, 3.8) is 0 Å². The third-order valence-corrected chi connectivity index (χ3v) is 1.74. The minimum atomic E-state index is -0.0108. The van der Waals surface area contributed by atoms with Gasteiger partial charge in [0.05, 0.1) is 12.6 Å². The zero-order valence-electron chi connectivity index (χ0n) is 6.39. The molecule has 2 N–H and O–H groups in total. The van der Waals surface area contributed by atoms with Crippen LogP contribution in [0, 0.1) is 12.3 Å². The van der Waals surface area contributed by atoms with Gasteiger partial charge in [0.15, 0.2) is 0 Å². The molecular weight excluding hydrogens is 140 g/mol. The van der Waals surface area contributed by atoms with Crippen molar-refractivity contribution < 1.29 is 4.79 Å². The topological polar surface area (TPSA) is 41.1 Å². The number of rotatable bonds is 2. The Balaban J connectivity index is 2.24. The van der Waals surface area contributed by atoms with Crippen molar-refractivity contribution in [3.05, 3.63) is 0 Å². The summed E-state index contributed by atoms with van der Waals surface area (Å²) < 4.78 is 0. The van der Waals surface area contributed by atoms with Crippen LogP contribution in [0.3, 0.4) is 0 Å². The van der Waals surface area contributed by atoms with E-state index in [1.165, 1.54) is 0 Å². The average molecular weight is 152 g/mol. The zero-order chi connectivity index (χ0) is 8.10. The molecule has 0 aromatic heterocycles. The average Bonchev–Trinajstić information content (AvgIpc) is 2.52. The first kappa shape index (κ1) is 8.09. The van der Waals surface area contributed by atoms with E-state index in [0.29, 0.717) is 6.54 Å². The molecule has 0 saturated carbocycles. The van der Waals surface area contributed by atoms with Crippen molar-refractivity contribution in [2.24, 2.45) is 0 Å². The van der Waals surface area contributed by atoms with E-state index < -0.39 is 0 Å². The molecule has 1 amide bonds. The molecule has 1 fully saturated rings. The molecule has 60 valence electrons. The number of amides is 1. The van der Waals surface area contributed by atoms with Crippen LogP contribution in [0.5, 0.6) is 0 Å². The summed E-state index contributed by atoms with van der Waals surface area (Å²) in [5.74, 6) is 2.39. The number of hydrogen-bond acceptors (Lipinski definition) is 2. The molecule has 0 aromatic carbocycles. The van der Waals surface area contributed by atoms with Crippen molar-refractivity contribution in [1.29, 1.82) is 0 Å². The quantitative estimate of drug-likeness (QED) is 0.523. The van der Waals surface area contributed by atoms with Gasteiger partial charge in [-0.25, -0.2) is 0 Å². The van der Waals surface area contributed by atoms with Crippen LogP contribution >= 0.6 is 0 Å². The van der Waals surface area contributed by atoms with Gasteiger partial charge in [-0.1, -0.05) is 5.92 Å². The SMILES string of the molecule is C#CCNC(=O)[C@@H]1CCCN1. The van der Waals surface area contributed by atoms with Gasteiger partial charge in [0, 0.05) is 0 Å². The molecule has 11 heavy (non-hydrogen) atoms. The Kier molecular flexibility index (Phi) is 2.94. The molecule has 0 radical (unpaired) electrons. The second-order valence-corrected chi connectivity index (χ2v) is 2.57. The Hall–Kier alpha value is -1.01. The number of nitrogens with one attached hydrogen (secondary N) is 2. The fraction of sp³-hybridized carbons (Fsp3) is 0.625. The minimum absolute atomic E-state index is 0.0108. The molecule has 1 aliphatic rings. The standard InChI is InChI=1S/C8H12N2O/c1-2-5-10-8(11)7-4-3-6-9-7/h1,7,9H,3-6H2,(H,10,11)/t7-/m0/s1. The van der Waals surface area contributed by atoms with Crippen LogP contribution in [0.15, 0.2) is 0 Å². The summed E-state index contributed by atoms with van der Waals surface area (Å²) in [6, 6.07) is -0.0108. The molecule has 1 aliphatic heterocycles. The second-order valence-electron chi connectivity index (χ2n) is 2.57. The molecule has 0 aliphatic carbocycles. The van der Waals surface area contributed by atoms with E-state index in [-0.39, 0.29) is 11.9 Å². The molecule has 1 rings (SSSR count). The van der Waals surface area contributed by atoms with Gasteiger partial charge in [-0.3, -0.25) is 4.79 Å². The molecule has 0 unspecified atom stereocenters. The van der Waals surface area contributed by atoms with Crippen LogP contribution in [0.1, 0.15) is 12.8 Å². The highest BCUT2D eigenvalue weighted by atomic mass is 16.2. The molecule has 0 bridgehead atoms. The van der Waals surface area contributed by atoms with Crippen molar-refractivity contribution in [3.8, 4) is 12.3 Å². The van der Waals surface area contributed by atoms with E-state index in [2.05, 4.69) is 16.6 Å². The van der Waals surface area contributed by atoms with E-state index in [1.54, 1.807) is 0 Å². The largest absolute Gasteiger partial charge is 0.344 e. The Morgan fingerprint density at radius 3 is 3.18 bits per heavy atom. The van der Waals surface area contributed by atoms with Crippen LogP contribution in [-0.2, 0) is 4.79 Å². The molecule has 0 aromatic rings. The van der Waals surface area contributed by atoms with Crippen LogP contribution in [-0.4, -0.2) is 25.0 Å². The number of carbonyl (C=O) groups is 1. The predicted octanol–water partition coefficient (Wildman–Crippen LogP) is -0.512. The van der Waals surface area contributed by atoms with Crippen molar-refractivity contribution in [1.82, 2.24) is 10.6 Å². The second kappa shape index (κ2) is 3.99. The summed E-state index contributed by atoms with van der Waals surface area (Å²) in [6.45, 7) is 1.27. The highest BCUT2D eigenvalue weighted by Gasteiger charge is 2.20. The monoisotopic (exact) mass is 152 g/mol. The summed E-state index contributed by atoms with van der Waals surface area (Å²) in [5.41, 5.74) is 0. The summed E-state index contributed by atoms with van der Waals surface area (Å²) in [6.07, 6.45) is 6.99. The molecule has 3 nitrogen and oxygen atoms in total. The highest BCUT2D eigenvalue weighted by molar-refractivity contribution is 5.82. The number of hydrogen-bond donors (Lipinski definition) is 2. The maximum atomic E-state index is 11.1. The van der Waals surface area contributed by atoms with Crippen LogP contribution in [0.4, 0.5) is 0 Å². The van der Waals surface area contributed by atoms with Gasteiger partial charge in [-0.15, -0.1) is 6.42 Å². The third kappa shape index (κ3) is 2.24. The van der Waals surface area contributed by atoms with Gasteiger partial charge < -0.3 is 10.6 Å². The Morgan fingerprint density at radius 1 is 1.82 bits per heavy atom. The first-order valence-electron chi connectivity index (χ1n) is 3.79. The lowest BCUT2D eigenvalue weighted by Crippen LogP contribution is -2.40. The summed E-state index contributed by atoms with van der Waals surface area (Å²) >= 11 is 0. The van der Waals surface area contributed by atoms with Gasteiger partial charge >= 0.3 is 0 Å². The minimum Gasteiger partial charge on any atom is -0.344 e. The van der Waals surface area contributed by atoms with Crippen LogP contribution in [0.25, 0.3) is 0 Å². The summed E-state index contributed by atoms with van der Waals surface area (Å²) in [4.78, 5) is 11.1. The van der Waals surface area contributed by atoms with Crippen LogP contribution < -0.4 is 10.6 Å². The highest BCUT2D eigenvalue weighted by Crippen LogP contribution is 2.03. The lowest BCUT2D eigenvalue weighted by molar-refractivity contribution is -0.122. The van der Waals surface area contributed by atoms with E-state index in [0.717, 1.165) is 19.4 Å². The van der Waals surface area contributed by atoms with Gasteiger partial charge in [-0.05, 0) is 19.4 Å². The molecule has 1 saturated heterocycles. The molecule has 1 atom stereocenters. The van der Waals surface area contributed by atoms with E-state index in [9.17, 15) is 4.79 Å². The van der Waals surface area contributed by atoms with Gasteiger partial charge in [0.1, 0.15) is 0 Å². The Labute approximate surface area is 66.5 Å². The van der Waals surface area contributed by atoms with Gasteiger partial charge in [0.25, 0.3) is 0 Å². The normalized spacial score (nSPS) is 22.6. The zero-order valence-corrected chi connectivity index (χ0v) is 6.39. The number of terminal acetylenes is 1. The summed E-state index contributed by atoms with van der Waals surface area (Å²) in [7, 11) is 0. The fourth-order valence-corrected chi connectivity index (χ4v) is 1.17. The van der Waals surface area contributed by atoms with Crippen molar-refractivity contribution in [2.45, 2.75) is 18.9 Å². The van der Waals surface area contributed by atoms with Crippen molar-refractivity contribution in [2.75, 3.05) is 13.1 Å².